The molecule has 19 heavy (non-hydrogen) atoms. The molecule has 0 spiro atoms. The normalized spacial score (nSPS) is 11.6. The van der Waals surface area contributed by atoms with Gasteiger partial charge in [-0.2, -0.15) is 15.0 Å². The number of primary sulfonamides is 1. The summed E-state index contributed by atoms with van der Waals surface area (Å²) in [5, 5.41) is 7.70. The Bertz CT molecular complexity index is 523. The average Bonchev–Trinajstić information content (AvgIpc) is 2.21. The number of aromatic nitrogens is 3. The first-order valence-corrected chi connectivity index (χ1v) is 7.68. The van der Waals surface area contributed by atoms with Crippen LogP contribution in [0.2, 0.25) is 5.28 Å². The Morgan fingerprint density at radius 3 is 2.63 bits per heavy atom. The highest BCUT2D eigenvalue weighted by Crippen LogP contribution is 2.12. The molecule has 0 fully saturated rings. The van der Waals surface area contributed by atoms with E-state index in [1.807, 2.05) is 13.8 Å². The Kier molecular flexibility index (Phi) is 5.70. The largest absolute Gasteiger partial charge is 0.461 e. The van der Waals surface area contributed by atoms with Gasteiger partial charge in [-0.05, 0) is 31.9 Å². The monoisotopic (exact) mass is 309 g/mol. The maximum atomic E-state index is 10.7. The Morgan fingerprint density at radius 1 is 1.37 bits per heavy atom. The van der Waals surface area contributed by atoms with Gasteiger partial charge in [0.05, 0.1) is 11.9 Å². The predicted molar refractivity (Wildman–Crippen MR) is 71.7 cm³/mol. The molecule has 0 aliphatic carbocycles. The van der Waals surface area contributed by atoms with E-state index in [2.05, 4.69) is 20.3 Å². The molecule has 8 nitrogen and oxygen atoms in total. The van der Waals surface area contributed by atoms with Crippen LogP contribution in [-0.2, 0) is 10.0 Å². The number of nitrogens with zero attached hydrogens (tertiary/aromatic N) is 3. The Balaban J connectivity index is 2.56. The lowest BCUT2D eigenvalue weighted by molar-refractivity contribution is 0.222. The zero-order chi connectivity index (χ0) is 14.5. The van der Waals surface area contributed by atoms with Crippen LogP contribution >= 0.6 is 11.6 Å². The van der Waals surface area contributed by atoms with Crippen LogP contribution in [0.4, 0.5) is 5.95 Å². The van der Waals surface area contributed by atoms with Gasteiger partial charge in [0.2, 0.25) is 21.3 Å². The molecule has 1 aromatic rings. The van der Waals surface area contributed by atoms with Gasteiger partial charge in [-0.25, -0.2) is 13.6 Å². The molecular formula is C9H16ClN5O3S. The van der Waals surface area contributed by atoms with Gasteiger partial charge in [0.1, 0.15) is 0 Å². The number of anilines is 1. The molecule has 1 heterocycles. The fraction of sp³-hybridized carbons (Fsp3) is 0.667. The summed E-state index contributed by atoms with van der Waals surface area (Å²) in [5.41, 5.74) is 0. The second-order valence-electron chi connectivity index (χ2n) is 4.02. The SMILES string of the molecule is CC(C)Oc1nc(Cl)nc(NCCCS(N)(=O)=O)n1. The molecule has 0 amide bonds. The van der Waals surface area contributed by atoms with Gasteiger partial charge in [0.15, 0.2) is 0 Å². The Hall–Kier alpha value is -1.19. The lowest BCUT2D eigenvalue weighted by atomic mass is 10.5. The molecule has 0 atom stereocenters. The van der Waals surface area contributed by atoms with Gasteiger partial charge in [0, 0.05) is 6.54 Å². The molecule has 10 heteroatoms. The summed E-state index contributed by atoms with van der Waals surface area (Å²) in [4.78, 5) is 11.6. The van der Waals surface area contributed by atoms with Crippen molar-refractivity contribution in [1.29, 1.82) is 0 Å². The minimum absolute atomic E-state index is 0.000374. The van der Waals surface area contributed by atoms with E-state index < -0.39 is 10.0 Å². The first kappa shape index (κ1) is 15.9. The standard InChI is InChI=1S/C9H16ClN5O3S/c1-6(2)18-9-14-7(10)13-8(15-9)12-4-3-5-19(11,16)17/h6H,3-5H2,1-2H3,(H2,11,16,17)(H,12,13,14,15). The molecule has 0 aliphatic heterocycles. The van der Waals surface area contributed by atoms with Crippen LogP contribution < -0.4 is 15.2 Å². The summed E-state index contributed by atoms with van der Waals surface area (Å²) in [6.45, 7) is 4.01. The molecule has 0 aliphatic rings. The highest BCUT2D eigenvalue weighted by Gasteiger charge is 2.08. The van der Waals surface area contributed by atoms with E-state index in [-0.39, 0.29) is 29.1 Å². The Labute approximate surface area is 116 Å². The van der Waals surface area contributed by atoms with Gasteiger partial charge in [-0.3, -0.25) is 0 Å². The molecule has 0 unspecified atom stereocenters. The molecule has 1 aromatic heterocycles. The van der Waals surface area contributed by atoms with Crippen molar-refractivity contribution in [1.82, 2.24) is 15.0 Å². The molecule has 1 rings (SSSR count). The molecule has 3 N–H and O–H groups in total. The van der Waals surface area contributed by atoms with Crippen molar-refractivity contribution in [3.63, 3.8) is 0 Å². The molecule has 108 valence electrons. The van der Waals surface area contributed by atoms with Crippen molar-refractivity contribution < 1.29 is 13.2 Å². The zero-order valence-electron chi connectivity index (χ0n) is 10.6. The van der Waals surface area contributed by atoms with Crippen molar-refractivity contribution in [2.75, 3.05) is 17.6 Å². The molecular weight excluding hydrogens is 294 g/mol. The lowest BCUT2D eigenvalue weighted by Gasteiger charge is -2.09. The molecule has 0 saturated carbocycles. The number of hydrogen-bond acceptors (Lipinski definition) is 7. The fourth-order valence-corrected chi connectivity index (χ4v) is 1.85. The number of rotatable bonds is 7. The van der Waals surface area contributed by atoms with E-state index in [4.69, 9.17) is 21.5 Å². The van der Waals surface area contributed by atoms with Crippen LogP contribution in [0, 0.1) is 0 Å². The molecule has 0 aromatic carbocycles. The number of hydrogen-bond donors (Lipinski definition) is 2. The summed E-state index contributed by atoms with van der Waals surface area (Å²) < 4.78 is 26.8. The van der Waals surface area contributed by atoms with E-state index in [1.165, 1.54) is 0 Å². The van der Waals surface area contributed by atoms with E-state index >= 15 is 0 Å². The van der Waals surface area contributed by atoms with Crippen molar-refractivity contribution in [2.24, 2.45) is 5.14 Å². The summed E-state index contributed by atoms with van der Waals surface area (Å²) in [7, 11) is -3.45. The van der Waals surface area contributed by atoms with Crippen LogP contribution in [0.25, 0.3) is 0 Å². The highest BCUT2D eigenvalue weighted by molar-refractivity contribution is 7.89. The van der Waals surface area contributed by atoms with E-state index in [9.17, 15) is 8.42 Å². The number of nitrogens with two attached hydrogens (primary N) is 1. The van der Waals surface area contributed by atoms with Crippen LogP contribution in [0.5, 0.6) is 6.01 Å². The van der Waals surface area contributed by atoms with Crippen LogP contribution in [0.1, 0.15) is 20.3 Å². The molecule has 0 bridgehead atoms. The quantitative estimate of drug-likeness (QED) is 0.699. The summed E-state index contributed by atoms with van der Waals surface area (Å²) in [6.07, 6.45) is 0.247. The molecule has 0 radical (unpaired) electrons. The number of nitrogens with one attached hydrogen (secondary N) is 1. The van der Waals surface area contributed by atoms with Gasteiger partial charge >= 0.3 is 6.01 Å². The summed E-state index contributed by atoms with van der Waals surface area (Å²) in [6, 6.07) is 0.115. The second kappa shape index (κ2) is 6.83. The van der Waals surface area contributed by atoms with Crippen molar-refractivity contribution in [2.45, 2.75) is 26.4 Å². The predicted octanol–water partition coefficient (Wildman–Crippen LogP) is 0.403. The minimum atomic E-state index is -3.45. The van der Waals surface area contributed by atoms with E-state index in [0.29, 0.717) is 13.0 Å². The number of ether oxygens (including phenoxy) is 1. The van der Waals surface area contributed by atoms with Crippen molar-refractivity contribution in [3.8, 4) is 6.01 Å². The van der Waals surface area contributed by atoms with Crippen LogP contribution in [0.3, 0.4) is 0 Å². The highest BCUT2D eigenvalue weighted by atomic mass is 35.5. The van der Waals surface area contributed by atoms with Crippen molar-refractivity contribution >= 4 is 27.6 Å². The fourth-order valence-electron chi connectivity index (χ4n) is 1.15. The first-order chi connectivity index (χ1) is 8.76. The van der Waals surface area contributed by atoms with Gasteiger partial charge < -0.3 is 10.1 Å². The third-order valence-electron chi connectivity index (χ3n) is 1.82. The maximum absolute atomic E-state index is 10.7. The third-order valence-corrected chi connectivity index (χ3v) is 2.84. The number of sulfonamides is 1. The molecule has 0 saturated heterocycles. The smallest absolute Gasteiger partial charge is 0.322 e. The lowest BCUT2D eigenvalue weighted by Crippen LogP contribution is -2.19. The first-order valence-electron chi connectivity index (χ1n) is 5.59. The second-order valence-corrected chi connectivity index (χ2v) is 6.10. The zero-order valence-corrected chi connectivity index (χ0v) is 12.2. The Morgan fingerprint density at radius 2 is 2.05 bits per heavy atom. The average molecular weight is 310 g/mol. The topological polar surface area (TPSA) is 120 Å². The van der Waals surface area contributed by atoms with Gasteiger partial charge in [0.25, 0.3) is 0 Å². The minimum Gasteiger partial charge on any atom is -0.461 e. The number of halogens is 1. The maximum Gasteiger partial charge on any atom is 0.322 e. The van der Waals surface area contributed by atoms with Gasteiger partial charge in [-0.1, -0.05) is 0 Å². The van der Waals surface area contributed by atoms with Crippen molar-refractivity contribution in [3.05, 3.63) is 5.28 Å². The van der Waals surface area contributed by atoms with Crippen LogP contribution in [0.15, 0.2) is 0 Å². The summed E-state index contributed by atoms with van der Waals surface area (Å²) >= 11 is 5.72. The third kappa shape index (κ3) is 7.09. The van der Waals surface area contributed by atoms with E-state index in [0.717, 1.165) is 0 Å². The van der Waals surface area contributed by atoms with Crippen LogP contribution in [-0.4, -0.2) is 41.8 Å². The van der Waals surface area contributed by atoms with Gasteiger partial charge in [-0.15, -0.1) is 0 Å². The summed E-state index contributed by atoms with van der Waals surface area (Å²) in [5.74, 6) is 0.110. The van der Waals surface area contributed by atoms with E-state index in [1.54, 1.807) is 0 Å².